The molecule has 0 bridgehead atoms. The van der Waals surface area contributed by atoms with Crippen molar-refractivity contribution in [3.63, 3.8) is 0 Å². The second kappa shape index (κ2) is 8.69. The molecule has 2 aromatic heterocycles. The van der Waals surface area contributed by atoms with Crippen molar-refractivity contribution in [1.82, 2.24) is 20.3 Å². The molecule has 8 heteroatoms. The zero-order valence-corrected chi connectivity index (χ0v) is 16.7. The molecule has 152 valence electrons. The Hall–Kier alpha value is -3.81. The molecule has 8 nitrogen and oxygen atoms in total. The number of carbonyl (C=O) groups excluding carboxylic acids is 1. The number of oxime groups is 1. The van der Waals surface area contributed by atoms with Crippen LogP contribution in [0.1, 0.15) is 45.8 Å². The molecule has 1 atom stereocenters. The van der Waals surface area contributed by atoms with Gasteiger partial charge in [-0.2, -0.15) is 0 Å². The molecular formula is C22H21N5O3. The molecule has 30 heavy (non-hydrogen) atoms. The van der Waals surface area contributed by atoms with Crippen LogP contribution in [0.5, 0.6) is 5.75 Å². The van der Waals surface area contributed by atoms with Gasteiger partial charge in [-0.05, 0) is 42.8 Å². The predicted molar refractivity (Wildman–Crippen MR) is 110 cm³/mol. The number of aryl methyl sites for hydroxylation is 1. The number of aromatic nitrogens is 3. The van der Waals surface area contributed by atoms with Gasteiger partial charge in [0.25, 0.3) is 5.91 Å². The van der Waals surface area contributed by atoms with Gasteiger partial charge in [0, 0.05) is 19.2 Å². The number of ether oxygens (including phenoxy) is 1. The van der Waals surface area contributed by atoms with Crippen LogP contribution in [0.25, 0.3) is 0 Å². The van der Waals surface area contributed by atoms with Crippen molar-refractivity contribution in [3.8, 4) is 5.75 Å². The average molecular weight is 403 g/mol. The second-order valence-electron chi connectivity index (χ2n) is 6.81. The summed E-state index contributed by atoms with van der Waals surface area (Å²) in [5.41, 5.74) is 3.30. The van der Waals surface area contributed by atoms with Crippen LogP contribution in [0, 0.1) is 6.92 Å². The van der Waals surface area contributed by atoms with E-state index in [4.69, 9.17) is 9.57 Å². The van der Waals surface area contributed by atoms with E-state index in [0.29, 0.717) is 30.2 Å². The standard InChI is InChI=1S/C22H21N5O3/c1-14-25-18(19-12-21(30-27-19)17-5-3-4-10-23-17)11-20(26-14)22(28)24-13-15-6-8-16(29-2)9-7-15/h3-11,21H,12-13H2,1-2H3,(H,24,28). The highest BCUT2D eigenvalue weighted by atomic mass is 16.6. The lowest BCUT2D eigenvalue weighted by Crippen LogP contribution is -2.25. The molecule has 1 aliphatic heterocycles. The summed E-state index contributed by atoms with van der Waals surface area (Å²) in [6.07, 6.45) is 1.99. The van der Waals surface area contributed by atoms with Gasteiger partial charge in [-0.3, -0.25) is 9.78 Å². The van der Waals surface area contributed by atoms with E-state index in [9.17, 15) is 4.79 Å². The van der Waals surface area contributed by atoms with E-state index in [-0.39, 0.29) is 17.7 Å². The molecule has 0 radical (unpaired) electrons. The van der Waals surface area contributed by atoms with Crippen molar-refractivity contribution in [2.24, 2.45) is 5.16 Å². The van der Waals surface area contributed by atoms with E-state index in [0.717, 1.165) is 17.0 Å². The number of carbonyl (C=O) groups is 1. The summed E-state index contributed by atoms with van der Waals surface area (Å²) < 4.78 is 5.15. The molecule has 0 spiro atoms. The Bertz CT molecular complexity index is 1070. The SMILES string of the molecule is COc1ccc(CNC(=O)c2cc(C3=NOC(c4ccccn4)C3)nc(C)n2)cc1. The largest absolute Gasteiger partial charge is 0.497 e. The number of hydrogen-bond acceptors (Lipinski definition) is 7. The third-order valence-electron chi connectivity index (χ3n) is 4.66. The summed E-state index contributed by atoms with van der Waals surface area (Å²) in [5, 5.41) is 7.04. The third-order valence-corrected chi connectivity index (χ3v) is 4.66. The number of amides is 1. The van der Waals surface area contributed by atoms with E-state index in [1.54, 1.807) is 26.3 Å². The van der Waals surface area contributed by atoms with E-state index in [2.05, 4.69) is 25.4 Å². The summed E-state index contributed by atoms with van der Waals surface area (Å²) in [5.74, 6) is 0.981. The van der Waals surface area contributed by atoms with Crippen LogP contribution in [0.2, 0.25) is 0 Å². The Kier molecular flexibility index (Phi) is 5.65. The Morgan fingerprint density at radius 3 is 2.77 bits per heavy atom. The first-order valence-electron chi connectivity index (χ1n) is 9.53. The summed E-state index contributed by atoms with van der Waals surface area (Å²) >= 11 is 0. The summed E-state index contributed by atoms with van der Waals surface area (Å²) in [6, 6.07) is 14.8. The van der Waals surface area contributed by atoms with Crippen LogP contribution >= 0.6 is 0 Å². The normalized spacial score (nSPS) is 15.3. The summed E-state index contributed by atoms with van der Waals surface area (Å²) in [4.78, 5) is 31.2. The fourth-order valence-electron chi connectivity index (χ4n) is 3.10. The minimum atomic E-state index is -0.279. The highest BCUT2D eigenvalue weighted by molar-refractivity contribution is 6.01. The fraction of sp³-hybridized carbons (Fsp3) is 0.227. The zero-order valence-electron chi connectivity index (χ0n) is 16.7. The lowest BCUT2D eigenvalue weighted by Gasteiger charge is -2.08. The van der Waals surface area contributed by atoms with Crippen molar-refractivity contribution >= 4 is 11.6 Å². The maximum atomic E-state index is 12.6. The molecule has 3 aromatic rings. The Labute approximate surface area is 174 Å². The van der Waals surface area contributed by atoms with Crippen molar-refractivity contribution in [2.75, 3.05) is 7.11 Å². The number of pyridine rings is 1. The lowest BCUT2D eigenvalue weighted by atomic mass is 10.1. The average Bonchev–Trinajstić information content (AvgIpc) is 3.28. The molecule has 1 unspecified atom stereocenters. The number of rotatable bonds is 6. The number of hydrogen-bond donors (Lipinski definition) is 1. The molecule has 3 heterocycles. The quantitative estimate of drug-likeness (QED) is 0.679. The van der Waals surface area contributed by atoms with Crippen molar-refractivity contribution in [1.29, 1.82) is 0 Å². The number of methoxy groups -OCH3 is 1. The maximum Gasteiger partial charge on any atom is 0.270 e. The highest BCUT2D eigenvalue weighted by Crippen LogP contribution is 2.27. The molecule has 0 saturated carbocycles. The molecule has 1 amide bonds. The Morgan fingerprint density at radius 1 is 1.20 bits per heavy atom. The Morgan fingerprint density at radius 2 is 2.03 bits per heavy atom. The summed E-state index contributed by atoms with van der Waals surface area (Å²) in [7, 11) is 1.62. The van der Waals surface area contributed by atoms with Crippen LogP contribution in [0.4, 0.5) is 0 Å². The first-order chi connectivity index (χ1) is 14.6. The van der Waals surface area contributed by atoms with E-state index >= 15 is 0 Å². The molecule has 1 aliphatic rings. The van der Waals surface area contributed by atoms with Gasteiger partial charge in [-0.15, -0.1) is 0 Å². The predicted octanol–water partition coefficient (Wildman–Crippen LogP) is 2.98. The highest BCUT2D eigenvalue weighted by Gasteiger charge is 2.26. The minimum absolute atomic E-state index is 0.260. The van der Waals surface area contributed by atoms with E-state index in [1.165, 1.54) is 0 Å². The van der Waals surface area contributed by atoms with Gasteiger partial charge in [0.2, 0.25) is 0 Å². The van der Waals surface area contributed by atoms with Crippen LogP contribution in [0.3, 0.4) is 0 Å². The Balaban J connectivity index is 1.44. The van der Waals surface area contributed by atoms with Gasteiger partial charge in [0.15, 0.2) is 6.10 Å². The van der Waals surface area contributed by atoms with Gasteiger partial charge >= 0.3 is 0 Å². The van der Waals surface area contributed by atoms with Gasteiger partial charge in [-0.1, -0.05) is 23.4 Å². The monoisotopic (exact) mass is 403 g/mol. The molecular weight excluding hydrogens is 382 g/mol. The zero-order chi connectivity index (χ0) is 20.9. The second-order valence-corrected chi connectivity index (χ2v) is 6.81. The van der Waals surface area contributed by atoms with Gasteiger partial charge < -0.3 is 14.9 Å². The van der Waals surface area contributed by atoms with Gasteiger partial charge in [0.05, 0.1) is 18.5 Å². The lowest BCUT2D eigenvalue weighted by molar-refractivity contribution is 0.0826. The van der Waals surface area contributed by atoms with Crippen molar-refractivity contribution < 1.29 is 14.4 Å². The van der Waals surface area contributed by atoms with E-state index in [1.807, 2.05) is 42.5 Å². The molecule has 1 aromatic carbocycles. The van der Waals surface area contributed by atoms with Crippen molar-refractivity contribution in [3.05, 3.63) is 83.2 Å². The molecule has 0 fully saturated rings. The fourth-order valence-corrected chi connectivity index (χ4v) is 3.10. The van der Waals surface area contributed by atoms with Gasteiger partial charge in [0.1, 0.15) is 23.0 Å². The van der Waals surface area contributed by atoms with Crippen LogP contribution < -0.4 is 10.1 Å². The van der Waals surface area contributed by atoms with Crippen LogP contribution in [0.15, 0.2) is 59.9 Å². The summed E-state index contributed by atoms with van der Waals surface area (Å²) in [6.45, 7) is 2.13. The number of benzene rings is 1. The molecule has 0 saturated heterocycles. The molecule has 0 aliphatic carbocycles. The smallest absolute Gasteiger partial charge is 0.270 e. The van der Waals surface area contributed by atoms with E-state index < -0.39 is 0 Å². The topological polar surface area (TPSA) is 98.6 Å². The van der Waals surface area contributed by atoms with Crippen LogP contribution in [-0.2, 0) is 11.4 Å². The molecule has 1 N–H and O–H groups in total. The minimum Gasteiger partial charge on any atom is -0.497 e. The molecule has 4 rings (SSSR count). The number of nitrogens with one attached hydrogen (secondary N) is 1. The van der Waals surface area contributed by atoms with Crippen LogP contribution in [-0.4, -0.2) is 33.7 Å². The first kappa shape index (κ1) is 19.5. The van der Waals surface area contributed by atoms with Crippen molar-refractivity contribution in [2.45, 2.75) is 26.0 Å². The number of nitrogens with zero attached hydrogens (tertiary/aromatic N) is 4. The van der Waals surface area contributed by atoms with Gasteiger partial charge in [-0.25, -0.2) is 9.97 Å². The maximum absolute atomic E-state index is 12.6. The third kappa shape index (κ3) is 4.43. The first-order valence-corrected chi connectivity index (χ1v) is 9.53.